The molecule has 1 spiro atoms. The molecule has 1 aromatic rings. The largest absolute Gasteiger partial charge is 0.493 e. The third-order valence-corrected chi connectivity index (χ3v) is 7.86. The summed E-state index contributed by atoms with van der Waals surface area (Å²) < 4.78 is 16.7. The average Bonchev–Trinajstić information content (AvgIpc) is 3.13. The fourth-order valence-electron chi connectivity index (χ4n) is 6.37. The second-order valence-electron chi connectivity index (χ2n) is 9.58. The Kier molecular flexibility index (Phi) is 6.46. The number of amides is 1. The Labute approximate surface area is 200 Å². The second-order valence-corrected chi connectivity index (χ2v) is 9.58. The molecular formula is C26H34N2O6. The van der Waals surface area contributed by atoms with E-state index >= 15 is 0 Å². The van der Waals surface area contributed by atoms with Gasteiger partial charge in [0, 0.05) is 38.8 Å². The predicted octanol–water partition coefficient (Wildman–Crippen LogP) is 2.73. The standard InChI is InChI=1S/C26H34N2O6/c1-7-17-13-27(4)9-8-26-20-11-22(32-5)23(33-6)12-21(20)28(15(2)29)25(26)19(14-34-16(3)30)18(17)10-24(26)31/h7,11-12,18-19,25H,8-10,13-14H2,1-6H3/t18-,19+,25-,26+/m0/s1. The van der Waals surface area contributed by atoms with Gasteiger partial charge in [0.15, 0.2) is 11.5 Å². The number of fused-ring (bicyclic) bond motifs is 6. The molecule has 0 aromatic heterocycles. The van der Waals surface area contributed by atoms with E-state index in [9.17, 15) is 14.4 Å². The molecule has 3 fully saturated rings. The van der Waals surface area contributed by atoms with E-state index in [1.54, 1.807) is 25.2 Å². The van der Waals surface area contributed by atoms with Gasteiger partial charge in [0.2, 0.25) is 5.91 Å². The molecule has 1 amide bonds. The molecule has 2 bridgehead atoms. The van der Waals surface area contributed by atoms with Crippen molar-refractivity contribution in [1.29, 1.82) is 0 Å². The van der Waals surface area contributed by atoms with Crippen LogP contribution in [0.5, 0.6) is 11.5 Å². The van der Waals surface area contributed by atoms with Gasteiger partial charge in [-0.15, -0.1) is 0 Å². The lowest BCUT2D eigenvalue weighted by Gasteiger charge is -2.48. The topological polar surface area (TPSA) is 85.4 Å². The van der Waals surface area contributed by atoms with Gasteiger partial charge in [-0.2, -0.15) is 0 Å². The lowest BCUT2D eigenvalue weighted by molar-refractivity contribution is -0.144. The highest BCUT2D eigenvalue weighted by atomic mass is 16.5. The van der Waals surface area contributed by atoms with Crippen molar-refractivity contribution >= 4 is 23.3 Å². The van der Waals surface area contributed by atoms with Crippen LogP contribution in [-0.4, -0.2) is 69.6 Å². The van der Waals surface area contributed by atoms with Crippen molar-refractivity contribution < 1.29 is 28.6 Å². The number of benzene rings is 1. The number of Topliss-reactive ketones (excluding diaryl/α,β-unsaturated/α-hetero) is 1. The minimum Gasteiger partial charge on any atom is -0.493 e. The zero-order valence-corrected chi connectivity index (χ0v) is 20.8. The van der Waals surface area contributed by atoms with E-state index in [0.717, 1.165) is 17.7 Å². The van der Waals surface area contributed by atoms with Crippen LogP contribution in [0.2, 0.25) is 0 Å². The first-order valence-electron chi connectivity index (χ1n) is 11.8. The summed E-state index contributed by atoms with van der Waals surface area (Å²) in [5.74, 6) is 0.255. The van der Waals surface area contributed by atoms with Gasteiger partial charge in [-0.3, -0.25) is 14.4 Å². The van der Waals surface area contributed by atoms with E-state index in [4.69, 9.17) is 14.2 Å². The summed E-state index contributed by atoms with van der Waals surface area (Å²) in [5.41, 5.74) is 1.68. The predicted molar refractivity (Wildman–Crippen MR) is 127 cm³/mol. The fraction of sp³-hybridized carbons (Fsp3) is 0.577. The van der Waals surface area contributed by atoms with E-state index in [0.29, 0.717) is 36.6 Å². The Bertz CT molecular complexity index is 1050. The van der Waals surface area contributed by atoms with Gasteiger partial charge < -0.3 is 24.0 Å². The number of ketones is 1. The van der Waals surface area contributed by atoms with Crippen molar-refractivity contribution in [3.05, 3.63) is 29.3 Å². The Morgan fingerprint density at radius 2 is 1.85 bits per heavy atom. The molecule has 0 radical (unpaired) electrons. The molecule has 2 saturated heterocycles. The number of anilines is 1. The van der Waals surface area contributed by atoms with E-state index < -0.39 is 11.5 Å². The van der Waals surface area contributed by atoms with Gasteiger partial charge in [0.1, 0.15) is 5.78 Å². The molecule has 5 rings (SSSR count). The highest BCUT2D eigenvalue weighted by Gasteiger charge is 2.64. The number of methoxy groups -OCH3 is 2. The van der Waals surface area contributed by atoms with Gasteiger partial charge in [0.05, 0.1) is 38.0 Å². The Balaban J connectivity index is 2.02. The monoisotopic (exact) mass is 470 g/mol. The van der Waals surface area contributed by atoms with Crippen molar-refractivity contribution in [2.75, 3.05) is 45.9 Å². The minimum atomic E-state index is -0.917. The molecule has 8 nitrogen and oxygen atoms in total. The Hall–Kier alpha value is -2.87. The second kappa shape index (κ2) is 9.06. The third kappa shape index (κ3) is 3.59. The smallest absolute Gasteiger partial charge is 0.302 e. The van der Waals surface area contributed by atoms with Crippen LogP contribution < -0.4 is 14.4 Å². The van der Waals surface area contributed by atoms with Gasteiger partial charge >= 0.3 is 5.97 Å². The number of ether oxygens (including phenoxy) is 3. The number of likely N-dealkylation sites (N-methyl/N-ethyl adjacent to an activating group) is 1. The van der Waals surface area contributed by atoms with Crippen LogP contribution in [-0.2, 0) is 24.5 Å². The highest BCUT2D eigenvalue weighted by molar-refractivity contribution is 6.05. The van der Waals surface area contributed by atoms with Gasteiger partial charge in [-0.05, 0) is 44.5 Å². The third-order valence-electron chi connectivity index (χ3n) is 7.86. The Morgan fingerprint density at radius 1 is 1.18 bits per heavy atom. The van der Waals surface area contributed by atoms with Crippen molar-refractivity contribution in [3.63, 3.8) is 0 Å². The van der Waals surface area contributed by atoms with Crippen LogP contribution in [0.15, 0.2) is 23.8 Å². The van der Waals surface area contributed by atoms with Crippen LogP contribution in [0.3, 0.4) is 0 Å². The number of hydrogen-bond acceptors (Lipinski definition) is 7. The summed E-state index contributed by atoms with van der Waals surface area (Å²) in [6, 6.07) is 3.19. The van der Waals surface area contributed by atoms with Crippen LogP contribution in [0.4, 0.5) is 5.69 Å². The molecule has 3 heterocycles. The van der Waals surface area contributed by atoms with Gasteiger partial charge in [-0.25, -0.2) is 0 Å². The maximum absolute atomic E-state index is 14.2. The first-order valence-corrected chi connectivity index (χ1v) is 11.8. The number of carbonyl (C=O) groups is 3. The molecule has 184 valence electrons. The first-order chi connectivity index (χ1) is 16.2. The zero-order chi connectivity index (χ0) is 24.8. The summed E-state index contributed by atoms with van der Waals surface area (Å²) >= 11 is 0. The molecule has 1 aliphatic carbocycles. The summed E-state index contributed by atoms with van der Waals surface area (Å²) in [7, 11) is 5.17. The molecule has 34 heavy (non-hydrogen) atoms. The van der Waals surface area contributed by atoms with E-state index in [1.165, 1.54) is 13.8 Å². The van der Waals surface area contributed by atoms with Crippen LogP contribution >= 0.6 is 0 Å². The van der Waals surface area contributed by atoms with E-state index in [1.807, 2.05) is 13.0 Å². The lowest BCUT2D eigenvalue weighted by atomic mass is 9.57. The average molecular weight is 471 g/mol. The molecule has 0 unspecified atom stereocenters. The van der Waals surface area contributed by atoms with Crippen molar-refractivity contribution in [3.8, 4) is 11.5 Å². The molecule has 3 aliphatic heterocycles. The molecule has 1 saturated carbocycles. The maximum Gasteiger partial charge on any atom is 0.302 e. The molecular weight excluding hydrogens is 436 g/mol. The number of rotatable bonds is 4. The zero-order valence-electron chi connectivity index (χ0n) is 20.8. The molecule has 0 N–H and O–H groups in total. The highest BCUT2D eigenvalue weighted by Crippen LogP contribution is 2.59. The van der Waals surface area contributed by atoms with Crippen LogP contribution in [0, 0.1) is 11.8 Å². The van der Waals surface area contributed by atoms with E-state index in [2.05, 4.69) is 18.0 Å². The number of nitrogens with zero attached hydrogens (tertiary/aromatic N) is 2. The quantitative estimate of drug-likeness (QED) is 0.494. The normalized spacial score (nSPS) is 29.7. The number of hydrogen-bond donors (Lipinski definition) is 0. The number of esters is 1. The van der Waals surface area contributed by atoms with Crippen molar-refractivity contribution in [2.45, 2.75) is 45.1 Å². The molecule has 4 aliphatic rings. The van der Waals surface area contributed by atoms with Crippen LogP contribution in [0.25, 0.3) is 0 Å². The van der Waals surface area contributed by atoms with E-state index in [-0.39, 0.29) is 36.1 Å². The maximum atomic E-state index is 14.2. The number of allylic oxidation sites excluding steroid dienone is 1. The van der Waals surface area contributed by atoms with Crippen LogP contribution in [0.1, 0.15) is 39.2 Å². The lowest BCUT2D eigenvalue weighted by Crippen LogP contribution is -2.61. The number of carbonyl (C=O) groups excluding carboxylic acids is 3. The minimum absolute atomic E-state index is 0.119. The Morgan fingerprint density at radius 3 is 2.44 bits per heavy atom. The SMILES string of the molecule is CC=C1CN(C)CC[C@@]23C(=O)C[C@@H]1[C@@H](COC(C)=O)[C@@H]2N(C(C)=O)c1cc(OC)c(OC)cc13. The molecule has 4 atom stereocenters. The summed E-state index contributed by atoms with van der Waals surface area (Å²) in [4.78, 5) is 43.2. The van der Waals surface area contributed by atoms with Gasteiger partial charge in [-0.1, -0.05) is 11.6 Å². The first kappa shape index (κ1) is 24.3. The van der Waals surface area contributed by atoms with Crippen molar-refractivity contribution in [1.82, 2.24) is 4.90 Å². The summed E-state index contributed by atoms with van der Waals surface area (Å²) in [6.45, 7) is 6.46. The fourth-order valence-corrected chi connectivity index (χ4v) is 6.37. The summed E-state index contributed by atoms with van der Waals surface area (Å²) in [6.07, 6.45) is 2.97. The summed E-state index contributed by atoms with van der Waals surface area (Å²) in [5, 5.41) is 0. The van der Waals surface area contributed by atoms with Crippen molar-refractivity contribution in [2.24, 2.45) is 11.8 Å². The molecule has 1 aromatic carbocycles. The molecule has 8 heteroatoms. The van der Waals surface area contributed by atoms with Gasteiger partial charge in [0.25, 0.3) is 0 Å².